The number of ether oxygens (including phenoxy) is 1. The Hall–Kier alpha value is -2.09. The Morgan fingerprint density at radius 3 is 2.84 bits per heavy atom. The molecule has 1 aliphatic rings. The van der Waals surface area contributed by atoms with Crippen molar-refractivity contribution in [1.29, 1.82) is 0 Å². The molecule has 0 spiro atoms. The highest BCUT2D eigenvalue weighted by Gasteiger charge is 2.14. The molecule has 0 saturated heterocycles. The van der Waals surface area contributed by atoms with Crippen LogP contribution in [-0.2, 0) is 0 Å². The van der Waals surface area contributed by atoms with Crippen LogP contribution >= 0.6 is 0 Å². The molecular formula is C17H16O2. The van der Waals surface area contributed by atoms with Gasteiger partial charge in [0.05, 0.1) is 5.56 Å². The molecule has 0 aliphatic heterocycles. The van der Waals surface area contributed by atoms with Gasteiger partial charge in [-0.25, -0.2) is 0 Å². The molecule has 0 amide bonds. The molecule has 0 radical (unpaired) electrons. The number of fused-ring (bicyclic) bond motifs is 1. The Labute approximate surface area is 112 Å². The minimum Gasteiger partial charge on any atom is -0.486 e. The Morgan fingerprint density at radius 1 is 1.16 bits per heavy atom. The van der Waals surface area contributed by atoms with E-state index in [-0.39, 0.29) is 6.10 Å². The smallest absolute Gasteiger partial charge is 0.154 e. The number of hydrogen-bond donors (Lipinski definition) is 0. The van der Waals surface area contributed by atoms with Crippen LogP contribution in [0.2, 0.25) is 0 Å². The summed E-state index contributed by atoms with van der Waals surface area (Å²) in [6.45, 7) is 0. The number of allylic oxidation sites excluding steroid dienone is 1. The molecule has 1 atom stereocenters. The lowest BCUT2D eigenvalue weighted by atomic mass is 10.0. The third-order valence-corrected chi connectivity index (χ3v) is 3.54. The van der Waals surface area contributed by atoms with E-state index in [9.17, 15) is 4.79 Å². The fourth-order valence-corrected chi connectivity index (χ4v) is 2.54. The molecular weight excluding hydrogens is 236 g/mol. The molecule has 0 bridgehead atoms. The lowest BCUT2D eigenvalue weighted by Gasteiger charge is -2.20. The SMILES string of the molecule is O=Cc1c(OC2C=CCCC2)ccc2ccccc12. The summed E-state index contributed by atoms with van der Waals surface area (Å²) in [6.07, 6.45) is 8.51. The van der Waals surface area contributed by atoms with E-state index in [0.29, 0.717) is 11.3 Å². The largest absolute Gasteiger partial charge is 0.486 e. The maximum absolute atomic E-state index is 11.4. The molecule has 3 rings (SSSR count). The highest BCUT2D eigenvalue weighted by molar-refractivity contribution is 6.00. The third-order valence-electron chi connectivity index (χ3n) is 3.54. The van der Waals surface area contributed by atoms with Gasteiger partial charge < -0.3 is 4.74 Å². The molecule has 0 saturated carbocycles. The van der Waals surface area contributed by atoms with Gasteiger partial charge in [0.1, 0.15) is 11.9 Å². The van der Waals surface area contributed by atoms with Crippen LogP contribution in [0.3, 0.4) is 0 Å². The van der Waals surface area contributed by atoms with Crippen LogP contribution in [0.5, 0.6) is 5.75 Å². The number of hydrogen-bond acceptors (Lipinski definition) is 2. The van der Waals surface area contributed by atoms with E-state index in [0.717, 1.165) is 36.3 Å². The topological polar surface area (TPSA) is 26.3 Å². The first-order valence-electron chi connectivity index (χ1n) is 6.69. The average Bonchev–Trinajstić information content (AvgIpc) is 2.48. The first-order chi connectivity index (χ1) is 9.38. The van der Waals surface area contributed by atoms with Gasteiger partial charge in [-0.3, -0.25) is 4.79 Å². The summed E-state index contributed by atoms with van der Waals surface area (Å²) >= 11 is 0. The predicted octanol–water partition coefficient (Wildman–Crippen LogP) is 4.14. The molecule has 2 aromatic rings. The Kier molecular flexibility index (Phi) is 3.32. The van der Waals surface area contributed by atoms with Crippen LogP contribution in [0.1, 0.15) is 29.6 Å². The van der Waals surface area contributed by atoms with Crippen molar-refractivity contribution in [1.82, 2.24) is 0 Å². The molecule has 0 fully saturated rings. The van der Waals surface area contributed by atoms with E-state index < -0.39 is 0 Å². The van der Waals surface area contributed by atoms with Crippen LogP contribution in [0.15, 0.2) is 48.6 Å². The molecule has 1 unspecified atom stereocenters. The minimum absolute atomic E-state index is 0.0913. The van der Waals surface area contributed by atoms with Crippen LogP contribution in [0.4, 0.5) is 0 Å². The highest BCUT2D eigenvalue weighted by Crippen LogP contribution is 2.28. The maximum Gasteiger partial charge on any atom is 0.154 e. The van der Waals surface area contributed by atoms with E-state index in [2.05, 4.69) is 12.2 Å². The molecule has 2 heteroatoms. The first kappa shape index (κ1) is 12.0. The summed E-state index contributed by atoms with van der Waals surface area (Å²) in [5, 5.41) is 2.02. The van der Waals surface area contributed by atoms with Crippen molar-refractivity contribution < 1.29 is 9.53 Å². The van der Waals surface area contributed by atoms with Crippen LogP contribution in [0, 0.1) is 0 Å². The fourth-order valence-electron chi connectivity index (χ4n) is 2.54. The van der Waals surface area contributed by atoms with Gasteiger partial charge in [0.25, 0.3) is 0 Å². The van der Waals surface area contributed by atoms with E-state index in [1.54, 1.807) is 0 Å². The summed E-state index contributed by atoms with van der Waals surface area (Å²) in [6, 6.07) is 11.8. The molecule has 0 heterocycles. The summed E-state index contributed by atoms with van der Waals surface area (Å²) in [4.78, 5) is 11.4. The Balaban J connectivity index is 2.00. The van der Waals surface area contributed by atoms with Gasteiger partial charge in [-0.1, -0.05) is 36.4 Å². The highest BCUT2D eigenvalue weighted by atomic mass is 16.5. The zero-order valence-corrected chi connectivity index (χ0v) is 10.7. The molecule has 19 heavy (non-hydrogen) atoms. The lowest BCUT2D eigenvalue weighted by molar-refractivity contribution is 0.111. The Morgan fingerprint density at radius 2 is 2.05 bits per heavy atom. The van der Waals surface area contributed by atoms with Crippen molar-refractivity contribution in [3.63, 3.8) is 0 Å². The molecule has 2 aromatic carbocycles. The van der Waals surface area contributed by atoms with Gasteiger partial charge in [0, 0.05) is 0 Å². The average molecular weight is 252 g/mol. The van der Waals surface area contributed by atoms with Gasteiger partial charge in [-0.05, 0) is 42.2 Å². The van der Waals surface area contributed by atoms with E-state index in [4.69, 9.17) is 4.74 Å². The molecule has 0 N–H and O–H groups in total. The minimum atomic E-state index is 0.0913. The molecule has 1 aliphatic carbocycles. The van der Waals surface area contributed by atoms with Crippen molar-refractivity contribution in [3.8, 4) is 5.75 Å². The number of carbonyl (C=O) groups excluding carboxylic acids is 1. The number of rotatable bonds is 3. The van der Waals surface area contributed by atoms with Gasteiger partial charge in [-0.2, -0.15) is 0 Å². The van der Waals surface area contributed by atoms with Gasteiger partial charge in [0.2, 0.25) is 0 Å². The zero-order valence-electron chi connectivity index (χ0n) is 10.7. The van der Waals surface area contributed by atoms with Crippen LogP contribution in [0.25, 0.3) is 10.8 Å². The maximum atomic E-state index is 11.4. The predicted molar refractivity (Wildman–Crippen MR) is 76.7 cm³/mol. The second kappa shape index (κ2) is 5.27. The summed E-state index contributed by atoms with van der Waals surface area (Å²) < 4.78 is 5.97. The quantitative estimate of drug-likeness (QED) is 0.606. The van der Waals surface area contributed by atoms with Gasteiger partial charge >= 0.3 is 0 Å². The standard InChI is InChI=1S/C17H16O2/c18-12-16-15-9-5-4-6-13(15)10-11-17(16)19-14-7-2-1-3-8-14/h2,4-7,9-12,14H,1,3,8H2. The van der Waals surface area contributed by atoms with E-state index in [1.807, 2.05) is 36.4 Å². The lowest BCUT2D eigenvalue weighted by Crippen LogP contribution is -2.16. The van der Waals surface area contributed by atoms with Crippen molar-refractivity contribution in [3.05, 3.63) is 54.1 Å². The first-order valence-corrected chi connectivity index (χ1v) is 6.69. The number of benzene rings is 2. The van der Waals surface area contributed by atoms with Crippen molar-refractivity contribution in [2.75, 3.05) is 0 Å². The van der Waals surface area contributed by atoms with Gasteiger partial charge in [-0.15, -0.1) is 0 Å². The fraction of sp³-hybridized carbons (Fsp3) is 0.235. The zero-order chi connectivity index (χ0) is 13.1. The molecule has 2 nitrogen and oxygen atoms in total. The van der Waals surface area contributed by atoms with E-state index >= 15 is 0 Å². The summed E-state index contributed by atoms with van der Waals surface area (Å²) in [5.41, 5.74) is 0.650. The molecule has 96 valence electrons. The van der Waals surface area contributed by atoms with Crippen LogP contribution in [-0.4, -0.2) is 12.4 Å². The monoisotopic (exact) mass is 252 g/mol. The normalized spacial score (nSPS) is 18.4. The van der Waals surface area contributed by atoms with Crippen LogP contribution < -0.4 is 4.74 Å². The number of carbonyl (C=O) groups is 1. The molecule has 0 aromatic heterocycles. The van der Waals surface area contributed by atoms with Gasteiger partial charge in [0.15, 0.2) is 6.29 Å². The van der Waals surface area contributed by atoms with Crippen molar-refractivity contribution in [2.24, 2.45) is 0 Å². The second-order valence-electron chi connectivity index (χ2n) is 4.83. The summed E-state index contributed by atoms with van der Waals surface area (Å²) in [7, 11) is 0. The third kappa shape index (κ3) is 2.39. The van der Waals surface area contributed by atoms with Crippen molar-refractivity contribution >= 4 is 17.1 Å². The van der Waals surface area contributed by atoms with Crippen molar-refractivity contribution in [2.45, 2.75) is 25.4 Å². The summed E-state index contributed by atoms with van der Waals surface area (Å²) in [5.74, 6) is 0.685. The second-order valence-corrected chi connectivity index (χ2v) is 4.83. The van der Waals surface area contributed by atoms with E-state index in [1.165, 1.54) is 0 Å². The number of aldehydes is 1. The Bertz CT molecular complexity index is 628.